The lowest BCUT2D eigenvalue weighted by Crippen LogP contribution is -2.34. The highest BCUT2D eigenvalue weighted by Crippen LogP contribution is 2.23. The number of unbranched alkanes of at least 4 members (excludes halogenated alkanes) is 4. The quantitative estimate of drug-likeness (QED) is 0.440. The van der Waals surface area contributed by atoms with Crippen LogP contribution in [0, 0.1) is 5.92 Å². The Morgan fingerprint density at radius 3 is 2.48 bits per heavy atom. The van der Waals surface area contributed by atoms with Gasteiger partial charge in [-0.05, 0) is 63.9 Å². The van der Waals surface area contributed by atoms with Gasteiger partial charge in [0.05, 0.1) is 0 Å². The number of hydrogen-bond donors (Lipinski definition) is 1. The van der Waals surface area contributed by atoms with E-state index in [4.69, 9.17) is 0 Å². The first kappa shape index (κ1) is 19.9. The number of carbonyl (C=O) groups excluding carboxylic acids is 2. The van der Waals surface area contributed by atoms with Crippen molar-refractivity contribution in [2.45, 2.75) is 71.1 Å². The molecule has 0 bridgehead atoms. The van der Waals surface area contributed by atoms with Crippen molar-refractivity contribution in [1.29, 1.82) is 0 Å². The fraction of sp³-hybridized carbons (Fsp3) is 0.789. The van der Waals surface area contributed by atoms with Gasteiger partial charge >= 0.3 is 0 Å². The third-order valence-corrected chi connectivity index (χ3v) is 4.79. The van der Waals surface area contributed by atoms with Gasteiger partial charge < -0.3 is 10.2 Å². The van der Waals surface area contributed by atoms with Crippen LogP contribution in [0.5, 0.6) is 0 Å². The molecule has 0 aromatic heterocycles. The molecule has 1 aliphatic heterocycles. The largest absolute Gasteiger partial charge is 0.327 e. The van der Waals surface area contributed by atoms with E-state index in [1.807, 2.05) is 0 Å². The topological polar surface area (TPSA) is 49.4 Å². The number of nitrogens with zero attached hydrogens (tertiary/aromatic N) is 1. The van der Waals surface area contributed by atoms with Crippen LogP contribution < -0.4 is 5.32 Å². The summed E-state index contributed by atoms with van der Waals surface area (Å²) in [6, 6.07) is 0. The van der Waals surface area contributed by atoms with E-state index >= 15 is 0 Å². The molecular weight excluding hydrogens is 288 g/mol. The van der Waals surface area contributed by atoms with E-state index in [1.165, 1.54) is 70.8 Å². The zero-order valence-corrected chi connectivity index (χ0v) is 14.8. The Hall–Kier alpha value is -1.16. The summed E-state index contributed by atoms with van der Waals surface area (Å²) < 4.78 is 0. The lowest BCUT2D eigenvalue weighted by Gasteiger charge is -2.32. The molecule has 1 rings (SSSR count). The van der Waals surface area contributed by atoms with Crippen molar-refractivity contribution in [3.05, 3.63) is 12.8 Å². The summed E-state index contributed by atoms with van der Waals surface area (Å²) in [5.41, 5.74) is 0. The van der Waals surface area contributed by atoms with E-state index in [9.17, 15) is 9.59 Å². The SMILES string of the molecule is C=CNC(=O)C(=O)CCCC1CCN(CCCCCCC)CC1. The Labute approximate surface area is 141 Å². The molecule has 0 saturated carbocycles. The number of likely N-dealkylation sites (tertiary alicyclic amines) is 1. The molecule has 0 atom stereocenters. The van der Waals surface area contributed by atoms with Gasteiger partial charge in [-0.3, -0.25) is 9.59 Å². The molecule has 1 heterocycles. The highest BCUT2D eigenvalue weighted by Gasteiger charge is 2.19. The zero-order valence-electron chi connectivity index (χ0n) is 14.8. The first-order valence-corrected chi connectivity index (χ1v) is 9.34. The Morgan fingerprint density at radius 2 is 1.83 bits per heavy atom. The summed E-state index contributed by atoms with van der Waals surface area (Å²) in [5, 5.41) is 2.34. The fourth-order valence-electron chi connectivity index (χ4n) is 3.28. The molecule has 1 amide bonds. The minimum Gasteiger partial charge on any atom is -0.327 e. The second-order valence-corrected chi connectivity index (χ2v) is 6.69. The average Bonchev–Trinajstić information content (AvgIpc) is 2.56. The number of carbonyl (C=O) groups is 2. The molecule has 0 aromatic carbocycles. The summed E-state index contributed by atoms with van der Waals surface area (Å²) in [4.78, 5) is 25.4. The van der Waals surface area contributed by atoms with Crippen LogP contribution in [-0.4, -0.2) is 36.2 Å². The van der Waals surface area contributed by atoms with Gasteiger partial charge in [0.2, 0.25) is 5.78 Å². The second kappa shape index (κ2) is 12.3. The van der Waals surface area contributed by atoms with Crippen LogP contribution in [0.2, 0.25) is 0 Å². The molecule has 1 N–H and O–H groups in total. The maximum Gasteiger partial charge on any atom is 0.291 e. The summed E-state index contributed by atoms with van der Waals surface area (Å²) in [6.07, 6.45) is 12.7. The standard InChI is InChI=1S/C19H34N2O2/c1-3-5-6-7-8-14-21-15-12-17(13-16-21)10-9-11-18(22)19(23)20-4-2/h4,17H,2-3,5-16H2,1H3,(H,20,23). The zero-order chi connectivity index (χ0) is 16.9. The number of Topliss-reactive ketones (excluding diaryl/α,β-unsaturated/α-hetero) is 1. The van der Waals surface area contributed by atoms with Gasteiger partial charge in [-0.25, -0.2) is 0 Å². The van der Waals surface area contributed by atoms with Crippen molar-refractivity contribution in [2.75, 3.05) is 19.6 Å². The maximum absolute atomic E-state index is 11.6. The van der Waals surface area contributed by atoms with Gasteiger partial charge in [0.1, 0.15) is 0 Å². The predicted molar refractivity (Wildman–Crippen MR) is 95.1 cm³/mol. The van der Waals surface area contributed by atoms with E-state index in [1.54, 1.807) is 0 Å². The third kappa shape index (κ3) is 8.89. The van der Waals surface area contributed by atoms with Gasteiger partial charge in [-0.2, -0.15) is 0 Å². The Bertz CT molecular complexity index is 360. The van der Waals surface area contributed by atoms with Gasteiger partial charge in [0.25, 0.3) is 5.91 Å². The van der Waals surface area contributed by atoms with E-state index in [0.29, 0.717) is 6.42 Å². The monoisotopic (exact) mass is 322 g/mol. The van der Waals surface area contributed by atoms with Crippen LogP contribution >= 0.6 is 0 Å². The normalized spacial score (nSPS) is 16.2. The third-order valence-electron chi connectivity index (χ3n) is 4.79. The van der Waals surface area contributed by atoms with Crippen molar-refractivity contribution >= 4 is 11.7 Å². The van der Waals surface area contributed by atoms with Crippen molar-refractivity contribution in [3.63, 3.8) is 0 Å². The van der Waals surface area contributed by atoms with Gasteiger partial charge in [-0.15, -0.1) is 0 Å². The smallest absolute Gasteiger partial charge is 0.291 e. The lowest BCUT2D eigenvalue weighted by atomic mass is 9.91. The Kier molecular flexibility index (Phi) is 10.6. The Morgan fingerprint density at radius 1 is 1.13 bits per heavy atom. The van der Waals surface area contributed by atoms with Crippen molar-refractivity contribution < 1.29 is 9.59 Å². The molecule has 0 radical (unpaired) electrons. The van der Waals surface area contributed by atoms with Crippen LogP contribution in [0.15, 0.2) is 12.8 Å². The highest BCUT2D eigenvalue weighted by atomic mass is 16.2. The fourth-order valence-corrected chi connectivity index (χ4v) is 3.28. The highest BCUT2D eigenvalue weighted by molar-refractivity contribution is 6.36. The van der Waals surface area contributed by atoms with E-state index in [-0.39, 0.29) is 5.78 Å². The Balaban J connectivity index is 2.04. The second-order valence-electron chi connectivity index (χ2n) is 6.69. The van der Waals surface area contributed by atoms with Gasteiger partial charge in [0, 0.05) is 6.42 Å². The summed E-state index contributed by atoms with van der Waals surface area (Å²) >= 11 is 0. The maximum atomic E-state index is 11.6. The van der Waals surface area contributed by atoms with Gasteiger partial charge in [-0.1, -0.05) is 39.2 Å². The summed E-state index contributed by atoms with van der Waals surface area (Å²) in [6.45, 7) is 9.29. The van der Waals surface area contributed by atoms with Crippen molar-refractivity contribution in [1.82, 2.24) is 10.2 Å². The average molecular weight is 322 g/mol. The van der Waals surface area contributed by atoms with Crippen molar-refractivity contribution in [3.8, 4) is 0 Å². The number of ketones is 1. The van der Waals surface area contributed by atoms with Crippen molar-refractivity contribution in [2.24, 2.45) is 5.92 Å². The molecule has 4 heteroatoms. The van der Waals surface area contributed by atoms with Crippen LogP contribution in [0.25, 0.3) is 0 Å². The first-order valence-electron chi connectivity index (χ1n) is 9.34. The summed E-state index contributed by atoms with van der Waals surface area (Å²) in [7, 11) is 0. The first-order chi connectivity index (χ1) is 11.2. The molecule has 0 spiro atoms. The van der Waals surface area contributed by atoms with E-state index in [0.717, 1.165) is 18.8 Å². The van der Waals surface area contributed by atoms with E-state index < -0.39 is 5.91 Å². The minimum absolute atomic E-state index is 0.325. The van der Waals surface area contributed by atoms with Crippen LogP contribution in [0.3, 0.4) is 0 Å². The van der Waals surface area contributed by atoms with E-state index in [2.05, 4.69) is 23.7 Å². The lowest BCUT2D eigenvalue weighted by molar-refractivity contribution is -0.137. The predicted octanol–water partition coefficient (Wildman–Crippen LogP) is 3.67. The molecule has 1 aliphatic rings. The minimum atomic E-state index is -0.530. The molecular formula is C19H34N2O2. The molecule has 1 saturated heterocycles. The number of hydrogen-bond acceptors (Lipinski definition) is 3. The number of rotatable bonds is 12. The number of nitrogens with one attached hydrogen (secondary N) is 1. The molecule has 1 fully saturated rings. The molecule has 23 heavy (non-hydrogen) atoms. The molecule has 4 nitrogen and oxygen atoms in total. The van der Waals surface area contributed by atoms with Crippen LogP contribution in [-0.2, 0) is 9.59 Å². The molecule has 0 aliphatic carbocycles. The van der Waals surface area contributed by atoms with Gasteiger partial charge in [0.15, 0.2) is 0 Å². The van der Waals surface area contributed by atoms with Crippen LogP contribution in [0.4, 0.5) is 0 Å². The molecule has 0 unspecified atom stereocenters. The number of amides is 1. The van der Waals surface area contributed by atoms with Crippen LogP contribution in [0.1, 0.15) is 71.1 Å². The molecule has 0 aromatic rings. The summed E-state index contributed by atoms with van der Waals surface area (Å²) in [5.74, 6) is -0.131. The molecule has 132 valence electrons. The number of piperidine rings is 1.